The van der Waals surface area contributed by atoms with E-state index in [9.17, 15) is 10.0 Å². The number of nitrogens with zero attached hydrogens (tertiary/aromatic N) is 1. The minimum atomic E-state index is -0.522. The van der Waals surface area contributed by atoms with Crippen molar-refractivity contribution >= 4 is 0 Å². The maximum absolute atomic E-state index is 11.8. The molecule has 4 heteroatoms. The van der Waals surface area contributed by atoms with Crippen LogP contribution in [0.3, 0.4) is 0 Å². The summed E-state index contributed by atoms with van der Waals surface area (Å²) in [6.45, 7) is 11.1. The molecule has 37 heavy (non-hydrogen) atoms. The lowest BCUT2D eigenvalue weighted by molar-refractivity contribution is -0.0844. The molecule has 5 rings (SSSR count). The standard InChI is InChI=1S/C33H50N2O2/c1-5-23-10-7-8-12-26(23)27(35-37)13-9-11-24-14-15-28-30(24,3)18-17-29-31(4)20-21-32(36,6-2)22-25(31)16-19-33(28,29)34/h5,8,12,16,24,27-29,36H,1,6-7,9-11,13-15,17-22,34H2,2-4H3/t24?,27?,28?,29?,30?,31?,32-,33?/m0/s1. The second kappa shape index (κ2) is 9.90. The summed E-state index contributed by atoms with van der Waals surface area (Å²) in [5.41, 5.74) is 11.1. The number of allylic oxidation sites excluding steroid dienone is 3. The van der Waals surface area contributed by atoms with Crippen LogP contribution in [-0.2, 0) is 0 Å². The smallest absolute Gasteiger partial charge is 0.117 e. The summed E-state index contributed by atoms with van der Waals surface area (Å²) in [6, 6.07) is -0.249. The molecule has 5 aliphatic rings. The fourth-order valence-corrected chi connectivity index (χ4v) is 9.88. The van der Waals surface area contributed by atoms with E-state index in [4.69, 9.17) is 5.73 Å². The van der Waals surface area contributed by atoms with Gasteiger partial charge in [-0.25, -0.2) is 0 Å². The van der Waals surface area contributed by atoms with Gasteiger partial charge in [-0.15, -0.1) is 0 Å². The van der Waals surface area contributed by atoms with E-state index in [0.29, 0.717) is 17.8 Å². The van der Waals surface area contributed by atoms with Crippen LogP contribution in [0.1, 0.15) is 111 Å². The van der Waals surface area contributed by atoms with Crippen LogP contribution in [0.4, 0.5) is 0 Å². The molecule has 0 bridgehead atoms. The molecule has 3 saturated carbocycles. The lowest BCUT2D eigenvalue weighted by Crippen LogP contribution is -2.66. The topological polar surface area (TPSA) is 75.7 Å². The summed E-state index contributed by atoms with van der Waals surface area (Å²) in [7, 11) is 0. The van der Waals surface area contributed by atoms with Gasteiger partial charge in [0.05, 0.1) is 5.60 Å². The fraction of sp³-hybridized carbons (Fsp3) is 0.758. The number of fused-ring (bicyclic) bond motifs is 5. The number of hydrogen-bond donors (Lipinski definition) is 2. The molecule has 0 heterocycles. The molecule has 7 unspecified atom stereocenters. The average Bonchev–Trinajstić information content (AvgIpc) is 3.24. The van der Waals surface area contributed by atoms with Crippen molar-refractivity contribution in [3.63, 3.8) is 0 Å². The molecule has 8 atom stereocenters. The summed E-state index contributed by atoms with van der Waals surface area (Å²) in [6.07, 6.45) is 23.3. The molecular formula is C33H50N2O2. The van der Waals surface area contributed by atoms with Gasteiger partial charge in [0, 0.05) is 5.54 Å². The van der Waals surface area contributed by atoms with Crippen LogP contribution >= 0.6 is 0 Å². The van der Waals surface area contributed by atoms with E-state index in [2.05, 4.69) is 50.8 Å². The van der Waals surface area contributed by atoms with Crippen LogP contribution in [0.15, 0.2) is 52.8 Å². The second-order valence-corrected chi connectivity index (χ2v) is 13.8. The number of aliphatic hydroxyl groups is 1. The van der Waals surface area contributed by atoms with Crippen molar-refractivity contribution in [1.82, 2.24) is 0 Å². The highest BCUT2D eigenvalue weighted by Gasteiger charge is 2.64. The van der Waals surface area contributed by atoms with E-state index in [1.807, 2.05) is 6.08 Å². The maximum Gasteiger partial charge on any atom is 0.117 e. The minimum Gasteiger partial charge on any atom is -0.390 e. The monoisotopic (exact) mass is 506 g/mol. The van der Waals surface area contributed by atoms with Gasteiger partial charge in [0.15, 0.2) is 0 Å². The molecule has 0 radical (unpaired) electrons. The molecular weight excluding hydrogens is 456 g/mol. The normalized spacial score (nSPS) is 43.9. The number of nitrogens with two attached hydrogens (primary N) is 1. The summed E-state index contributed by atoms with van der Waals surface area (Å²) >= 11 is 0. The highest BCUT2D eigenvalue weighted by atomic mass is 16.3. The van der Waals surface area contributed by atoms with E-state index in [1.54, 1.807) is 0 Å². The van der Waals surface area contributed by atoms with Crippen molar-refractivity contribution in [2.45, 2.75) is 128 Å². The average molecular weight is 507 g/mol. The molecule has 0 aromatic carbocycles. The lowest BCUT2D eigenvalue weighted by Gasteiger charge is -2.63. The van der Waals surface area contributed by atoms with Crippen LogP contribution in [-0.4, -0.2) is 22.3 Å². The quantitative estimate of drug-likeness (QED) is 0.259. The first-order valence-corrected chi connectivity index (χ1v) is 15.2. The van der Waals surface area contributed by atoms with Gasteiger partial charge in [-0.05, 0) is 123 Å². The largest absolute Gasteiger partial charge is 0.390 e. The van der Waals surface area contributed by atoms with Gasteiger partial charge in [-0.2, -0.15) is 4.91 Å². The number of hydrogen-bond acceptors (Lipinski definition) is 4. The first-order valence-electron chi connectivity index (χ1n) is 15.2. The zero-order valence-electron chi connectivity index (χ0n) is 23.6. The summed E-state index contributed by atoms with van der Waals surface area (Å²) in [5.74, 6) is 1.75. The Morgan fingerprint density at radius 2 is 2.03 bits per heavy atom. The third-order valence-electron chi connectivity index (χ3n) is 12.3. The van der Waals surface area contributed by atoms with Crippen molar-refractivity contribution < 1.29 is 5.11 Å². The van der Waals surface area contributed by atoms with Gasteiger partial charge >= 0.3 is 0 Å². The van der Waals surface area contributed by atoms with E-state index < -0.39 is 5.60 Å². The zero-order chi connectivity index (χ0) is 26.5. The van der Waals surface area contributed by atoms with Gasteiger partial charge in [-0.3, -0.25) is 0 Å². The summed E-state index contributed by atoms with van der Waals surface area (Å²) in [5, 5.41) is 14.6. The zero-order valence-corrected chi connectivity index (χ0v) is 23.6. The predicted octanol–water partition coefficient (Wildman–Crippen LogP) is 7.93. The van der Waals surface area contributed by atoms with E-state index in [0.717, 1.165) is 63.4 Å². The molecule has 4 nitrogen and oxygen atoms in total. The van der Waals surface area contributed by atoms with Crippen LogP contribution in [0.5, 0.6) is 0 Å². The third-order valence-corrected chi connectivity index (χ3v) is 12.3. The SMILES string of the molecule is C=CC1=C(C(CCCC2CCC3C2(C)CCC2C4(C)CC[C@@](O)(CC)CC4=CCC23N)N=O)C=CCC1. The molecule has 0 amide bonds. The minimum absolute atomic E-state index is 0.134. The third kappa shape index (κ3) is 4.35. The highest BCUT2D eigenvalue weighted by Crippen LogP contribution is 2.68. The Morgan fingerprint density at radius 1 is 1.22 bits per heavy atom. The first kappa shape index (κ1) is 27.1. The highest BCUT2D eigenvalue weighted by molar-refractivity contribution is 5.39. The Balaban J connectivity index is 1.29. The predicted molar refractivity (Wildman–Crippen MR) is 153 cm³/mol. The summed E-state index contributed by atoms with van der Waals surface area (Å²) < 4.78 is 0. The molecule has 3 fully saturated rings. The van der Waals surface area contributed by atoms with Crippen molar-refractivity contribution in [2.24, 2.45) is 39.5 Å². The van der Waals surface area contributed by atoms with Crippen LogP contribution in [0.2, 0.25) is 0 Å². The Morgan fingerprint density at radius 3 is 2.76 bits per heavy atom. The molecule has 0 aromatic heterocycles. The van der Waals surface area contributed by atoms with Crippen molar-refractivity contribution in [3.8, 4) is 0 Å². The lowest BCUT2D eigenvalue weighted by atomic mass is 9.43. The van der Waals surface area contributed by atoms with Crippen molar-refractivity contribution in [1.29, 1.82) is 0 Å². The number of nitroso groups, excluding NO2 is 1. The van der Waals surface area contributed by atoms with Gasteiger partial charge in [0.1, 0.15) is 6.04 Å². The van der Waals surface area contributed by atoms with Gasteiger partial charge in [-0.1, -0.05) is 68.8 Å². The second-order valence-electron chi connectivity index (χ2n) is 13.8. The molecule has 204 valence electrons. The van der Waals surface area contributed by atoms with Crippen LogP contribution < -0.4 is 5.73 Å². The molecule has 3 N–H and O–H groups in total. The number of rotatable bonds is 8. The molecule has 0 aromatic rings. The molecule has 0 saturated heterocycles. The summed E-state index contributed by atoms with van der Waals surface area (Å²) in [4.78, 5) is 11.8. The van der Waals surface area contributed by atoms with Crippen molar-refractivity contribution in [3.05, 3.63) is 52.5 Å². The Bertz CT molecular complexity index is 1010. The van der Waals surface area contributed by atoms with E-state index in [1.165, 1.54) is 43.3 Å². The fourth-order valence-electron chi connectivity index (χ4n) is 9.88. The molecule has 0 aliphatic heterocycles. The maximum atomic E-state index is 11.8. The first-order chi connectivity index (χ1) is 17.6. The van der Waals surface area contributed by atoms with Gasteiger partial charge in [0.2, 0.25) is 0 Å². The van der Waals surface area contributed by atoms with Crippen LogP contribution in [0.25, 0.3) is 0 Å². The van der Waals surface area contributed by atoms with Gasteiger partial charge in [0.25, 0.3) is 0 Å². The molecule has 0 spiro atoms. The van der Waals surface area contributed by atoms with Crippen molar-refractivity contribution in [2.75, 3.05) is 0 Å². The van der Waals surface area contributed by atoms with E-state index in [-0.39, 0.29) is 22.4 Å². The Labute approximate surface area is 224 Å². The molecule has 5 aliphatic carbocycles. The Kier molecular flexibility index (Phi) is 7.24. The van der Waals surface area contributed by atoms with Crippen LogP contribution in [0, 0.1) is 33.5 Å². The van der Waals surface area contributed by atoms with E-state index >= 15 is 0 Å². The Hall–Kier alpha value is -1.52. The van der Waals surface area contributed by atoms with Gasteiger partial charge < -0.3 is 10.8 Å².